The molecule has 1 saturated carbocycles. The monoisotopic (exact) mass is 454 g/mol. The number of sulfone groups is 1. The van der Waals surface area contributed by atoms with E-state index in [1.54, 1.807) is 17.5 Å². The fourth-order valence-corrected chi connectivity index (χ4v) is 6.30. The van der Waals surface area contributed by atoms with Gasteiger partial charge in [0, 0.05) is 22.5 Å². The molecule has 1 aromatic heterocycles. The van der Waals surface area contributed by atoms with Crippen LogP contribution in [0.5, 0.6) is 0 Å². The Morgan fingerprint density at radius 3 is 2.38 bits per heavy atom. The number of amides is 2. The molecular formula is C20H23ClN2O4S2. The second kappa shape index (κ2) is 9.73. The van der Waals surface area contributed by atoms with Crippen molar-refractivity contribution in [3.63, 3.8) is 0 Å². The van der Waals surface area contributed by atoms with Crippen molar-refractivity contribution in [2.75, 3.05) is 6.54 Å². The molecule has 0 spiro atoms. The van der Waals surface area contributed by atoms with E-state index in [1.165, 1.54) is 35.6 Å². The summed E-state index contributed by atoms with van der Waals surface area (Å²) < 4.78 is 26.3. The molecule has 0 aliphatic heterocycles. The summed E-state index contributed by atoms with van der Waals surface area (Å²) in [4.78, 5) is 25.2. The summed E-state index contributed by atoms with van der Waals surface area (Å²) in [7, 11) is -3.78. The van der Waals surface area contributed by atoms with Crippen molar-refractivity contribution in [2.45, 2.75) is 48.3 Å². The lowest BCUT2D eigenvalue weighted by Crippen LogP contribution is -2.46. The minimum Gasteiger partial charge on any atom is -0.346 e. The Bertz CT molecular complexity index is 937. The van der Waals surface area contributed by atoms with Crippen LogP contribution in [0.2, 0.25) is 5.02 Å². The molecular weight excluding hydrogens is 432 g/mol. The van der Waals surface area contributed by atoms with Gasteiger partial charge in [0.2, 0.25) is 0 Å². The Hall–Kier alpha value is -1.90. The summed E-state index contributed by atoms with van der Waals surface area (Å²) in [6, 6.07) is 9.37. The quantitative estimate of drug-likeness (QED) is 0.653. The van der Waals surface area contributed by atoms with Crippen LogP contribution >= 0.6 is 22.9 Å². The Kier molecular flexibility index (Phi) is 7.32. The number of thiophene rings is 1. The molecule has 0 unspecified atom stereocenters. The van der Waals surface area contributed by atoms with Gasteiger partial charge >= 0.3 is 11.8 Å². The van der Waals surface area contributed by atoms with E-state index >= 15 is 0 Å². The molecule has 1 fully saturated rings. The van der Waals surface area contributed by atoms with Gasteiger partial charge in [-0.1, -0.05) is 36.9 Å². The smallest absolute Gasteiger partial charge is 0.309 e. The maximum atomic E-state index is 13.2. The van der Waals surface area contributed by atoms with Crippen molar-refractivity contribution >= 4 is 44.6 Å². The Labute approximate surface area is 179 Å². The summed E-state index contributed by atoms with van der Waals surface area (Å²) in [5.41, 5.74) is 0. The standard InChI is InChI=1S/C20H23ClN2O4S2/c21-14-8-10-16(11-9-14)29(26,27)18(17-7-4-12-28-17)13-22-19(24)20(25)23-15-5-2-1-3-6-15/h4,7-12,15,18H,1-3,5-6,13H2,(H,22,24)(H,23,25)/t18-/m0/s1. The number of hydrogen-bond donors (Lipinski definition) is 2. The highest BCUT2D eigenvalue weighted by molar-refractivity contribution is 7.91. The molecule has 6 nitrogen and oxygen atoms in total. The van der Waals surface area contributed by atoms with Crippen LogP contribution in [0.3, 0.4) is 0 Å². The predicted molar refractivity (Wildman–Crippen MR) is 114 cm³/mol. The van der Waals surface area contributed by atoms with Crippen LogP contribution in [0, 0.1) is 0 Å². The molecule has 29 heavy (non-hydrogen) atoms. The number of carbonyl (C=O) groups is 2. The molecule has 0 saturated heterocycles. The molecule has 2 aromatic rings. The molecule has 9 heteroatoms. The largest absolute Gasteiger partial charge is 0.346 e. The minimum absolute atomic E-state index is 0.00731. The second-order valence-electron chi connectivity index (χ2n) is 7.02. The predicted octanol–water partition coefficient (Wildman–Crippen LogP) is 3.48. The molecule has 2 amide bonds. The SMILES string of the molecule is O=C(NC[C@@H](c1cccs1)S(=O)(=O)c1ccc(Cl)cc1)C(=O)NC1CCCCC1. The third kappa shape index (κ3) is 5.58. The van der Waals surface area contributed by atoms with Gasteiger partial charge < -0.3 is 10.6 Å². The van der Waals surface area contributed by atoms with Gasteiger partial charge in [-0.25, -0.2) is 8.42 Å². The highest BCUT2D eigenvalue weighted by Crippen LogP contribution is 2.31. The fraction of sp³-hybridized carbons (Fsp3) is 0.400. The number of halogens is 1. The number of hydrogen-bond acceptors (Lipinski definition) is 5. The van der Waals surface area contributed by atoms with Crippen LogP contribution < -0.4 is 10.6 Å². The Balaban J connectivity index is 1.70. The summed E-state index contributed by atoms with van der Waals surface area (Å²) >= 11 is 7.15. The highest BCUT2D eigenvalue weighted by atomic mass is 35.5. The van der Waals surface area contributed by atoms with Gasteiger partial charge in [0.15, 0.2) is 9.84 Å². The third-order valence-electron chi connectivity index (χ3n) is 4.97. The zero-order valence-electron chi connectivity index (χ0n) is 15.8. The molecule has 1 atom stereocenters. The van der Waals surface area contributed by atoms with Crippen LogP contribution in [-0.4, -0.2) is 32.8 Å². The molecule has 1 heterocycles. The Morgan fingerprint density at radius 1 is 1.07 bits per heavy atom. The summed E-state index contributed by atoms with van der Waals surface area (Å²) in [6.45, 7) is -0.192. The van der Waals surface area contributed by atoms with E-state index in [0.717, 1.165) is 32.1 Å². The fourth-order valence-electron chi connectivity index (χ4n) is 3.39. The molecule has 1 aliphatic rings. The van der Waals surface area contributed by atoms with Gasteiger partial charge in [-0.05, 0) is 48.6 Å². The van der Waals surface area contributed by atoms with Gasteiger partial charge in [-0.15, -0.1) is 11.3 Å². The van der Waals surface area contributed by atoms with Crippen molar-refractivity contribution < 1.29 is 18.0 Å². The molecule has 3 rings (SSSR count). The number of benzene rings is 1. The first-order valence-corrected chi connectivity index (χ1v) is 12.3. The van der Waals surface area contributed by atoms with E-state index in [0.29, 0.717) is 9.90 Å². The lowest BCUT2D eigenvalue weighted by molar-refractivity contribution is -0.139. The van der Waals surface area contributed by atoms with E-state index < -0.39 is 26.9 Å². The number of carbonyl (C=O) groups excluding carboxylic acids is 2. The maximum absolute atomic E-state index is 13.2. The lowest BCUT2D eigenvalue weighted by Gasteiger charge is -2.22. The van der Waals surface area contributed by atoms with E-state index in [2.05, 4.69) is 10.6 Å². The average molecular weight is 455 g/mol. The molecule has 1 aromatic carbocycles. The minimum atomic E-state index is -3.78. The van der Waals surface area contributed by atoms with Crippen LogP contribution in [-0.2, 0) is 19.4 Å². The van der Waals surface area contributed by atoms with Gasteiger partial charge in [0.25, 0.3) is 0 Å². The normalized spacial score (nSPS) is 16.2. The van der Waals surface area contributed by atoms with Gasteiger partial charge in [-0.3, -0.25) is 9.59 Å². The topological polar surface area (TPSA) is 92.3 Å². The van der Waals surface area contributed by atoms with Crippen LogP contribution in [0.25, 0.3) is 0 Å². The molecule has 0 bridgehead atoms. The summed E-state index contributed by atoms with van der Waals surface area (Å²) in [6.07, 6.45) is 4.94. The average Bonchev–Trinajstić information content (AvgIpc) is 3.23. The van der Waals surface area contributed by atoms with Crippen molar-refractivity contribution in [1.29, 1.82) is 0 Å². The first-order valence-electron chi connectivity index (χ1n) is 9.49. The summed E-state index contributed by atoms with van der Waals surface area (Å²) in [5, 5.41) is 6.46. The van der Waals surface area contributed by atoms with Crippen LogP contribution in [0.4, 0.5) is 0 Å². The number of rotatable bonds is 6. The molecule has 2 N–H and O–H groups in total. The summed E-state index contributed by atoms with van der Waals surface area (Å²) in [5.74, 6) is -1.53. The maximum Gasteiger partial charge on any atom is 0.309 e. The van der Waals surface area contributed by atoms with Crippen molar-refractivity contribution in [3.8, 4) is 0 Å². The van der Waals surface area contributed by atoms with Gasteiger partial charge in [-0.2, -0.15) is 0 Å². The van der Waals surface area contributed by atoms with Crippen LogP contribution in [0.15, 0.2) is 46.7 Å². The van der Waals surface area contributed by atoms with Crippen LogP contribution in [0.1, 0.15) is 42.2 Å². The Morgan fingerprint density at radius 2 is 1.76 bits per heavy atom. The molecule has 156 valence electrons. The first-order chi connectivity index (χ1) is 13.9. The zero-order chi connectivity index (χ0) is 20.9. The molecule has 0 radical (unpaired) electrons. The van der Waals surface area contributed by atoms with Crippen molar-refractivity contribution in [2.24, 2.45) is 0 Å². The first kappa shape index (κ1) is 21.8. The van der Waals surface area contributed by atoms with E-state index in [-0.39, 0.29) is 17.5 Å². The number of nitrogens with one attached hydrogen (secondary N) is 2. The zero-order valence-corrected chi connectivity index (χ0v) is 18.2. The van der Waals surface area contributed by atoms with Gasteiger partial charge in [0.05, 0.1) is 4.90 Å². The molecule has 1 aliphatic carbocycles. The lowest BCUT2D eigenvalue weighted by atomic mass is 9.95. The van der Waals surface area contributed by atoms with E-state index in [9.17, 15) is 18.0 Å². The van der Waals surface area contributed by atoms with Gasteiger partial charge in [0.1, 0.15) is 5.25 Å². The van der Waals surface area contributed by atoms with E-state index in [4.69, 9.17) is 11.6 Å². The van der Waals surface area contributed by atoms with Crippen molar-refractivity contribution in [3.05, 3.63) is 51.7 Å². The highest BCUT2D eigenvalue weighted by Gasteiger charge is 2.31. The second-order valence-corrected chi connectivity index (χ2v) is 10.6. The van der Waals surface area contributed by atoms with E-state index in [1.807, 2.05) is 0 Å². The third-order valence-corrected chi connectivity index (χ3v) is 8.46. The van der Waals surface area contributed by atoms with Crippen molar-refractivity contribution in [1.82, 2.24) is 10.6 Å².